The van der Waals surface area contributed by atoms with Gasteiger partial charge in [-0.2, -0.15) is 5.10 Å². The van der Waals surface area contributed by atoms with E-state index in [-0.39, 0.29) is 0 Å². The number of hydrazone groups is 1. The van der Waals surface area contributed by atoms with Crippen LogP contribution in [0.25, 0.3) is 0 Å². The minimum Gasteiger partial charge on any atom is -0.282 e. The summed E-state index contributed by atoms with van der Waals surface area (Å²) in [6, 6.07) is 22.3. The fraction of sp³-hybridized carbons (Fsp3) is 0.316. The highest BCUT2D eigenvalue weighted by Crippen LogP contribution is 2.41. The third kappa shape index (κ3) is 2.99. The largest absolute Gasteiger partial charge is 0.282 e. The van der Waals surface area contributed by atoms with Crippen molar-refractivity contribution in [3.8, 4) is 0 Å². The van der Waals surface area contributed by atoms with E-state index in [0.29, 0.717) is 12.1 Å². The van der Waals surface area contributed by atoms with E-state index in [9.17, 15) is 0 Å². The molecule has 0 radical (unpaired) electrons. The summed E-state index contributed by atoms with van der Waals surface area (Å²) in [6.45, 7) is 2.00. The molecule has 108 valence electrons. The third-order valence-electron chi connectivity index (χ3n) is 4.21. The molecular formula is C19H22N2. The summed E-state index contributed by atoms with van der Waals surface area (Å²) < 4.78 is 0. The molecule has 0 spiro atoms. The van der Waals surface area contributed by atoms with Crippen LogP contribution < -0.4 is 0 Å². The fourth-order valence-corrected chi connectivity index (χ4v) is 3.27. The standard InChI is InChI=1S/C19H22N2/c1-2-20-21-18(16-10-5-3-6-11-16)14-9-15-19(21)17-12-7-4-8-13-17/h2-8,10-13,18-19H,9,14-15H2,1H3/b20-2+/t18-,19-/m0/s1. The zero-order valence-electron chi connectivity index (χ0n) is 12.5. The number of piperidine rings is 1. The Morgan fingerprint density at radius 3 is 1.76 bits per heavy atom. The van der Waals surface area contributed by atoms with Gasteiger partial charge in [0.25, 0.3) is 0 Å². The molecule has 21 heavy (non-hydrogen) atoms. The molecule has 2 aromatic carbocycles. The highest BCUT2D eigenvalue weighted by Gasteiger charge is 2.31. The molecule has 1 aliphatic rings. The van der Waals surface area contributed by atoms with Gasteiger partial charge in [0.05, 0.1) is 12.1 Å². The minimum atomic E-state index is 0.376. The van der Waals surface area contributed by atoms with E-state index in [0.717, 1.165) is 0 Å². The zero-order chi connectivity index (χ0) is 14.5. The average Bonchev–Trinajstić information content (AvgIpc) is 2.57. The van der Waals surface area contributed by atoms with E-state index in [1.807, 2.05) is 13.1 Å². The van der Waals surface area contributed by atoms with Gasteiger partial charge >= 0.3 is 0 Å². The second-order valence-electron chi connectivity index (χ2n) is 5.54. The first-order valence-corrected chi connectivity index (χ1v) is 7.77. The Morgan fingerprint density at radius 1 is 0.857 bits per heavy atom. The van der Waals surface area contributed by atoms with Gasteiger partial charge < -0.3 is 0 Å². The highest BCUT2D eigenvalue weighted by molar-refractivity contribution is 5.53. The number of hydrogen-bond donors (Lipinski definition) is 0. The normalized spacial score (nSPS) is 22.6. The van der Waals surface area contributed by atoms with Crippen molar-refractivity contribution < 1.29 is 0 Å². The molecule has 0 saturated carbocycles. The van der Waals surface area contributed by atoms with E-state index in [1.165, 1.54) is 30.4 Å². The van der Waals surface area contributed by atoms with Crippen LogP contribution >= 0.6 is 0 Å². The van der Waals surface area contributed by atoms with E-state index in [4.69, 9.17) is 5.10 Å². The Kier molecular flexibility index (Phi) is 4.34. The summed E-state index contributed by atoms with van der Waals surface area (Å²) in [7, 11) is 0. The van der Waals surface area contributed by atoms with Gasteiger partial charge in [-0.15, -0.1) is 0 Å². The molecule has 2 nitrogen and oxygen atoms in total. The van der Waals surface area contributed by atoms with Crippen LogP contribution in [-0.4, -0.2) is 11.2 Å². The topological polar surface area (TPSA) is 15.6 Å². The second-order valence-corrected chi connectivity index (χ2v) is 5.54. The highest BCUT2D eigenvalue weighted by atomic mass is 15.5. The number of rotatable bonds is 3. The van der Waals surface area contributed by atoms with Crippen molar-refractivity contribution in [1.82, 2.24) is 5.01 Å². The molecule has 3 rings (SSSR count). The number of hydrogen-bond acceptors (Lipinski definition) is 2. The van der Waals surface area contributed by atoms with Crippen molar-refractivity contribution >= 4 is 6.21 Å². The Hall–Kier alpha value is -2.09. The molecule has 0 aliphatic carbocycles. The Labute approximate surface area is 127 Å². The van der Waals surface area contributed by atoms with Crippen molar-refractivity contribution in [3.05, 3.63) is 71.8 Å². The van der Waals surface area contributed by atoms with Crippen LogP contribution in [0.1, 0.15) is 49.4 Å². The first kappa shape index (κ1) is 13.9. The predicted molar refractivity (Wildman–Crippen MR) is 88.2 cm³/mol. The maximum Gasteiger partial charge on any atom is 0.0727 e. The Morgan fingerprint density at radius 2 is 1.33 bits per heavy atom. The molecule has 1 heterocycles. The zero-order valence-corrected chi connectivity index (χ0v) is 12.5. The molecule has 2 heteroatoms. The molecule has 1 aliphatic heterocycles. The first-order valence-electron chi connectivity index (χ1n) is 7.77. The molecule has 0 unspecified atom stereocenters. The fourth-order valence-electron chi connectivity index (χ4n) is 3.27. The van der Waals surface area contributed by atoms with Crippen LogP contribution in [0.4, 0.5) is 0 Å². The SMILES string of the molecule is C/C=N/N1[C@H](c2ccccc2)CCC[C@H]1c1ccccc1. The first-order chi connectivity index (χ1) is 10.4. The number of nitrogens with zero attached hydrogens (tertiary/aromatic N) is 2. The van der Waals surface area contributed by atoms with E-state index in [1.54, 1.807) is 0 Å². The van der Waals surface area contributed by atoms with Gasteiger partial charge in [0.15, 0.2) is 0 Å². The van der Waals surface area contributed by atoms with Crippen molar-refractivity contribution in [2.75, 3.05) is 0 Å². The van der Waals surface area contributed by atoms with Gasteiger partial charge in [-0.25, -0.2) is 0 Å². The van der Waals surface area contributed by atoms with E-state index < -0.39 is 0 Å². The van der Waals surface area contributed by atoms with E-state index in [2.05, 4.69) is 65.7 Å². The molecule has 2 atom stereocenters. The van der Waals surface area contributed by atoms with Crippen LogP contribution in [0.15, 0.2) is 65.8 Å². The van der Waals surface area contributed by atoms with Crippen molar-refractivity contribution in [3.63, 3.8) is 0 Å². The lowest BCUT2D eigenvalue weighted by molar-refractivity contribution is 0.0869. The Bertz CT molecular complexity index is 530. The molecule has 1 fully saturated rings. The lowest BCUT2D eigenvalue weighted by Gasteiger charge is -2.40. The van der Waals surface area contributed by atoms with Crippen molar-refractivity contribution in [2.45, 2.75) is 38.3 Å². The van der Waals surface area contributed by atoms with Gasteiger partial charge in [-0.1, -0.05) is 60.7 Å². The predicted octanol–water partition coefficient (Wildman–Crippen LogP) is 4.96. The molecule has 1 saturated heterocycles. The summed E-state index contributed by atoms with van der Waals surface area (Å²) in [5.41, 5.74) is 2.73. The number of benzene rings is 2. The molecule has 0 amide bonds. The van der Waals surface area contributed by atoms with Crippen LogP contribution in [-0.2, 0) is 0 Å². The molecule has 0 bridgehead atoms. The monoisotopic (exact) mass is 278 g/mol. The second kappa shape index (κ2) is 6.57. The van der Waals surface area contributed by atoms with Crippen LogP contribution in [0.2, 0.25) is 0 Å². The average molecular weight is 278 g/mol. The maximum absolute atomic E-state index is 4.71. The molecule has 2 aromatic rings. The van der Waals surface area contributed by atoms with Crippen molar-refractivity contribution in [1.29, 1.82) is 0 Å². The molecular weight excluding hydrogens is 256 g/mol. The smallest absolute Gasteiger partial charge is 0.0727 e. The van der Waals surface area contributed by atoms with Gasteiger partial charge in [0.1, 0.15) is 0 Å². The summed E-state index contributed by atoms with van der Waals surface area (Å²) in [6.07, 6.45) is 5.50. The summed E-state index contributed by atoms with van der Waals surface area (Å²) in [5, 5.41) is 7.01. The van der Waals surface area contributed by atoms with Crippen LogP contribution in [0.5, 0.6) is 0 Å². The van der Waals surface area contributed by atoms with Gasteiger partial charge in [-0.05, 0) is 37.3 Å². The summed E-state index contributed by atoms with van der Waals surface area (Å²) in [5.74, 6) is 0. The summed E-state index contributed by atoms with van der Waals surface area (Å²) in [4.78, 5) is 0. The van der Waals surface area contributed by atoms with Crippen LogP contribution in [0, 0.1) is 0 Å². The minimum absolute atomic E-state index is 0.376. The third-order valence-corrected chi connectivity index (χ3v) is 4.21. The maximum atomic E-state index is 4.71. The van der Waals surface area contributed by atoms with Gasteiger partial charge in [0, 0.05) is 6.21 Å². The van der Waals surface area contributed by atoms with Crippen LogP contribution in [0.3, 0.4) is 0 Å². The Balaban J connectivity index is 1.94. The molecule has 0 N–H and O–H groups in total. The van der Waals surface area contributed by atoms with Gasteiger partial charge in [-0.3, -0.25) is 5.01 Å². The quantitative estimate of drug-likeness (QED) is 0.724. The van der Waals surface area contributed by atoms with E-state index >= 15 is 0 Å². The summed E-state index contributed by atoms with van der Waals surface area (Å²) >= 11 is 0. The van der Waals surface area contributed by atoms with Crippen molar-refractivity contribution in [2.24, 2.45) is 5.10 Å². The lowest BCUT2D eigenvalue weighted by atomic mass is 9.89. The molecule has 0 aromatic heterocycles. The lowest BCUT2D eigenvalue weighted by Crippen LogP contribution is -2.32. The van der Waals surface area contributed by atoms with Gasteiger partial charge in [0.2, 0.25) is 0 Å².